The number of primary amides is 1. The van der Waals surface area contributed by atoms with Gasteiger partial charge in [0.2, 0.25) is 5.60 Å². The first kappa shape index (κ1) is 12.1. The number of pyridine rings is 1. The van der Waals surface area contributed by atoms with Gasteiger partial charge in [-0.3, -0.25) is 9.78 Å². The van der Waals surface area contributed by atoms with Crippen molar-refractivity contribution in [2.75, 3.05) is 0 Å². The van der Waals surface area contributed by atoms with Crippen LogP contribution in [0.15, 0.2) is 48.7 Å². The number of epoxide rings is 1. The van der Waals surface area contributed by atoms with Gasteiger partial charge in [0.25, 0.3) is 5.91 Å². The number of ether oxygens (including phenoxy) is 1. The number of nitrogens with zero attached hydrogens (tertiary/aromatic N) is 1. The Bertz CT molecular complexity index is 632. The molecule has 1 aliphatic rings. The van der Waals surface area contributed by atoms with Gasteiger partial charge < -0.3 is 10.5 Å². The van der Waals surface area contributed by atoms with Gasteiger partial charge in [-0.05, 0) is 29.8 Å². The fourth-order valence-electron chi connectivity index (χ4n) is 2.21. The molecule has 2 atom stereocenters. The van der Waals surface area contributed by atoms with E-state index in [4.69, 9.17) is 22.1 Å². The van der Waals surface area contributed by atoms with Gasteiger partial charge >= 0.3 is 0 Å². The molecule has 0 bridgehead atoms. The number of hydrogen-bond donors (Lipinski definition) is 1. The molecule has 19 heavy (non-hydrogen) atoms. The van der Waals surface area contributed by atoms with Crippen molar-refractivity contribution in [1.29, 1.82) is 0 Å². The lowest BCUT2D eigenvalue weighted by Crippen LogP contribution is -2.31. The third-order valence-corrected chi connectivity index (χ3v) is 3.41. The highest BCUT2D eigenvalue weighted by Gasteiger charge is 2.64. The molecule has 0 saturated carbocycles. The van der Waals surface area contributed by atoms with Gasteiger partial charge in [-0.15, -0.1) is 0 Å². The molecule has 2 aromatic rings. The van der Waals surface area contributed by atoms with Crippen LogP contribution in [0.4, 0.5) is 0 Å². The maximum absolute atomic E-state index is 11.8. The minimum Gasteiger partial charge on any atom is -0.367 e. The van der Waals surface area contributed by atoms with Gasteiger partial charge in [-0.25, -0.2) is 0 Å². The lowest BCUT2D eigenvalue weighted by molar-refractivity contribution is -0.123. The van der Waals surface area contributed by atoms with E-state index in [1.54, 1.807) is 36.5 Å². The normalized spacial score (nSPS) is 25.0. The molecule has 5 heteroatoms. The lowest BCUT2D eigenvalue weighted by Gasteiger charge is -2.08. The molecule has 0 unspecified atom stereocenters. The molecule has 4 nitrogen and oxygen atoms in total. The van der Waals surface area contributed by atoms with Crippen LogP contribution >= 0.6 is 11.6 Å². The Morgan fingerprint density at radius 2 is 2.16 bits per heavy atom. The van der Waals surface area contributed by atoms with Gasteiger partial charge in [-0.1, -0.05) is 29.8 Å². The molecule has 0 aliphatic carbocycles. The average molecular weight is 275 g/mol. The highest BCUT2D eigenvalue weighted by Crippen LogP contribution is 2.56. The van der Waals surface area contributed by atoms with Crippen LogP contribution in [0.25, 0.3) is 0 Å². The Hall–Kier alpha value is -1.91. The van der Waals surface area contributed by atoms with E-state index in [0.717, 1.165) is 5.56 Å². The number of aromatic nitrogens is 1. The summed E-state index contributed by atoms with van der Waals surface area (Å²) in [5, 5.41) is 0.590. The molecule has 1 fully saturated rings. The van der Waals surface area contributed by atoms with Crippen LogP contribution in [-0.2, 0) is 15.1 Å². The molecule has 1 aromatic heterocycles. The van der Waals surface area contributed by atoms with E-state index >= 15 is 0 Å². The number of nitrogens with two attached hydrogens (primary N) is 1. The predicted octanol–water partition coefficient (Wildman–Crippen LogP) is 2.19. The SMILES string of the molecule is NC(=O)[C@]1(c2ccccn2)O[C@@H]1c1cccc(Cl)c1. The zero-order valence-electron chi connectivity index (χ0n) is 9.92. The van der Waals surface area contributed by atoms with Crippen molar-refractivity contribution in [3.05, 3.63) is 64.9 Å². The van der Waals surface area contributed by atoms with Gasteiger partial charge in [0.15, 0.2) is 0 Å². The van der Waals surface area contributed by atoms with E-state index in [1.807, 2.05) is 12.1 Å². The number of halogens is 1. The van der Waals surface area contributed by atoms with Crippen LogP contribution in [0.1, 0.15) is 17.4 Å². The Labute approximate surface area is 115 Å². The van der Waals surface area contributed by atoms with Gasteiger partial charge in [0.1, 0.15) is 6.10 Å². The van der Waals surface area contributed by atoms with E-state index in [2.05, 4.69) is 4.98 Å². The maximum Gasteiger partial charge on any atom is 0.259 e. The summed E-state index contributed by atoms with van der Waals surface area (Å²) in [6, 6.07) is 12.5. The molecule has 1 saturated heterocycles. The monoisotopic (exact) mass is 274 g/mol. The van der Waals surface area contributed by atoms with E-state index in [-0.39, 0.29) is 0 Å². The third-order valence-electron chi connectivity index (χ3n) is 3.18. The van der Waals surface area contributed by atoms with Crippen LogP contribution in [0.2, 0.25) is 5.02 Å². The van der Waals surface area contributed by atoms with Crippen molar-refractivity contribution < 1.29 is 9.53 Å². The number of rotatable bonds is 3. The second-order valence-corrected chi connectivity index (χ2v) is 4.80. The Balaban J connectivity index is 2.02. The third kappa shape index (κ3) is 1.89. The van der Waals surface area contributed by atoms with Gasteiger partial charge in [0.05, 0.1) is 5.69 Å². The van der Waals surface area contributed by atoms with Crippen molar-refractivity contribution in [2.45, 2.75) is 11.7 Å². The van der Waals surface area contributed by atoms with Crippen LogP contribution in [0.5, 0.6) is 0 Å². The number of hydrogen-bond acceptors (Lipinski definition) is 3. The topological polar surface area (TPSA) is 68.5 Å². The highest BCUT2D eigenvalue weighted by molar-refractivity contribution is 6.30. The molecule has 2 heterocycles. The molecule has 96 valence electrons. The minimum atomic E-state index is -1.17. The molecule has 1 amide bonds. The number of carbonyl (C=O) groups excluding carboxylic acids is 1. The van der Waals surface area contributed by atoms with Crippen LogP contribution in [0.3, 0.4) is 0 Å². The molecular formula is C14H11ClN2O2. The molecule has 0 radical (unpaired) electrons. The van der Waals surface area contributed by atoms with Crippen molar-refractivity contribution >= 4 is 17.5 Å². The second kappa shape index (κ2) is 4.33. The van der Waals surface area contributed by atoms with E-state index in [9.17, 15) is 4.79 Å². The molecule has 1 aliphatic heterocycles. The summed E-state index contributed by atoms with van der Waals surface area (Å²) in [5.41, 5.74) is 5.66. The van der Waals surface area contributed by atoms with Crippen molar-refractivity contribution in [3.8, 4) is 0 Å². The lowest BCUT2D eigenvalue weighted by atomic mass is 9.95. The zero-order valence-corrected chi connectivity index (χ0v) is 10.7. The van der Waals surface area contributed by atoms with E-state index in [1.165, 1.54) is 0 Å². The summed E-state index contributed by atoms with van der Waals surface area (Å²) in [5.74, 6) is -0.545. The fraction of sp³-hybridized carbons (Fsp3) is 0.143. The standard InChI is InChI=1S/C14H11ClN2O2/c15-10-5-3-4-9(8-10)12-14(19-12,13(16)18)11-6-1-2-7-17-11/h1-8,12H,(H2,16,18)/t12-,14-/m1/s1. The Morgan fingerprint density at radius 1 is 1.32 bits per heavy atom. The average Bonchev–Trinajstić information content (AvgIpc) is 3.16. The quantitative estimate of drug-likeness (QED) is 0.872. The Morgan fingerprint density at radius 3 is 2.79 bits per heavy atom. The van der Waals surface area contributed by atoms with E-state index < -0.39 is 17.6 Å². The highest BCUT2D eigenvalue weighted by atomic mass is 35.5. The summed E-state index contributed by atoms with van der Waals surface area (Å²) >= 11 is 5.95. The molecule has 3 rings (SSSR count). The Kier molecular flexibility index (Phi) is 2.77. The summed E-state index contributed by atoms with van der Waals surface area (Å²) in [4.78, 5) is 16.0. The van der Waals surface area contributed by atoms with Crippen LogP contribution in [0, 0.1) is 0 Å². The number of carbonyl (C=O) groups is 1. The van der Waals surface area contributed by atoms with Crippen molar-refractivity contribution in [3.63, 3.8) is 0 Å². The van der Waals surface area contributed by atoms with Gasteiger partial charge in [0, 0.05) is 11.2 Å². The first-order chi connectivity index (χ1) is 9.14. The number of amides is 1. The van der Waals surface area contributed by atoms with Crippen molar-refractivity contribution in [2.24, 2.45) is 5.73 Å². The fourth-order valence-corrected chi connectivity index (χ4v) is 2.41. The smallest absolute Gasteiger partial charge is 0.259 e. The number of benzene rings is 1. The second-order valence-electron chi connectivity index (χ2n) is 4.37. The van der Waals surface area contributed by atoms with Crippen LogP contribution < -0.4 is 5.73 Å². The van der Waals surface area contributed by atoms with E-state index in [0.29, 0.717) is 10.7 Å². The molecule has 0 spiro atoms. The molecular weight excluding hydrogens is 264 g/mol. The predicted molar refractivity (Wildman–Crippen MR) is 70.4 cm³/mol. The summed E-state index contributed by atoms with van der Waals surface area (Å²) < 4.78 is 5.60. The first-order valence-corrected chi connectivity index (χ1v) is 6.17. The summed E-state index contributed by atoms with van der Waals surface area (Å²) in [6.07, 6.45) is 1.18. The summed E-state index contributed by atoms with van der Waals surface area (Å²) in [6.45, 7) is 0. The molecule has 2 N–H and O–H groups in total. The van der Waals surface area contributed by atoms with Crippen molar-refractivity contribution in [1.82, 2.24) is 4.98 Å². The first-order valence-electron chi connectivity index (χ1n) is 5.79. The van der Waals surface area contributed by atoms with Gasteiger partial charge in [-0.2, -0.15) is 0 Å². The van der Waals surface area contributed by atoms with Crippen LogP contribution in [-0.4, -0.2) is 10.9 Å². The zero-order chi connectivity index (χ0) is 13.5. The molecule has 1 aromatic carbocycles. The maximum atomic E-state index is 11.8. The summed E-state index contributed by atoms with van der Waals surface area (Å²) in [7, 11) is 0. The minimum absolute atomic E-state index is 0.432. The largest absolute Gasteiger partial charge is 0.367 e.